The number of rotatable bonds is 7. The van der Waals surface area contributed by atoms with Crippen molar-refractivity contribution >= 4 is 18.2 Å². The second kappa shape index (κ2) is 12.1. The Morgan fingerprint density at radius 3 is 2.44 bits per heavy atom. The largest absolute Gasteiger partial charge is 0.458 e. The summed E-state index contributed by atoms with van der Waals surface area (Å²) in [5.74, 6) is 1.77. The predicted octanol–water partition coefficient (Wildman–Crippen LogP) is 6.26. The number of alkyl carbamates (subject to hydrolysis) is 2. The SMILES string of the molecule is CNC(=O)OCC[C@H](OC(=O)NC)[C@H]1CC[C@H]2[C@@H]3CC=C4C[C@@H](OC(=O)c5ccccc5)CC[C@]4(C)[C@H]3CC[C@]12C. The van der Waals surface area contributed by atoms with E-state index in [1.54, 1.807) is 7.05 Å². The maximum absolute atomic E-state index is 12.7. The molecule has 4 aliphatic carbocycles. The van der Waals surface area contributed by atoms with Crippen LogP contribution in [0, 0.1) is 34.5 Å². The average Bonchev–Trinajstić information content (AvgIpc) is 3.34. The molecule has 0 bridgehead atoms. The monoisotopic (exact) mass is 566 g/mol. The fourth-order valence-corrected chi connectivity index (χ4v) is 9.05. The van der Waals surface area contributed by atoms with Crippen LogP contribution in [0.4, 0.5) is 9.59 Å². The first kappa shape index (κ1) is 29.5. The standard InChI is InChI=1S/C33H46N2O6/c1-32-17-14-23(40-29(36)21-8-6-5-7-9-21)20-22(32)10-11-24-25-12-13-27(33(25,2)18-15-26(24)32)28(41-31(38)35-4)16-19-39-30(37)34-3/h5-10,23-28H,11-20H2,1-4H3,(H,34,37)(H,35,38)/t23-,24-,25-,26-,27+,28-,32-,33-/m0/s1. The second-order valence-corrected chi connectivity index (χ2v) is 13.0. The number of esters is 1. The van der Waals surface area contributed by atoms with Gasteiger partial charge in [-0.2, -0.15) is 0 Å². The summed E-state index contributed by atoms with van der Waals surface area (Å²) >= 11 is 0. The maximum atomic E-state index is 12.7. The van der Waals surface area contributed by atoms with E-state index >= 15 is 0 Å². The van der Waals surface area contributed by atoms with Crippen molar-refractivity contribution in [3.8, 4) is 0 Å². The molecule has 1 aromatic carbocycles. The Morgan fingerprint density at radius 2 is 1.71 bits per heavy atom. The Morgan fingerprint density at radius 1 is 0.951 bits per heavy atom. The lowest BCUT2D eigenvalue weighted by molar-refractivity contribution is -0.0760. The minimum atomic E-state index is -0.470. The van der Waals surface area contributed by atoms with Gasteiger partial charge in [-0.05, 0) is 85.7 Å². The molecule has 0 saturated heterocycles. The summed E-state index contributed by atoms with van der Waals surface area (Å²) in [6.07, 6.45) is 9.91. The number of amides is 2. The van der Waals surface area contributed by atoms with Crippen LogP contribution in [-0.2, 0) is 14.2 Å². The van der Waals surface area contributed by atoms with E-state index in [1.165, 1.54) is 12.6 Å². The van der Waals surface area contributed by atoms with Gasteiger partial charge in [-0.15, -0.1) is 0 Å². The van der Waals surface area contributed by atoms with Crippen LogP contribution in [-0.4, -0.2) is 51.1 Å². The van der Waals surface area contributed by atoms with Gasteiger partial charge < -0.3 is 24.8 Å². The van der Waals surface area contributed by atoms with Crippen LogP contribution in [0.25, 0.3) is 0 Å². The third-order valence-electron chi connectivity index (χ3n) is 11.2. The molecule has 2 N–H and O–H groups in total. The predicted molar refractivity (Wildman–Crippen MR) is 155 cm³/mol. The molecule has 3 saturated carbocycles. The van der Waals surface area contributed by atoms with E-state index < -0.39 is 12.2 Å². The van der Waals surface area contributed by atoms with Crippen molar-refractivity contribution < 1.29 is 28.6 Å². The molecule has 3 fully saturated rings. The second-order valence-electron chi connectivity index (χ2n) is 13.0. The number of benzene rings is 1. The molecule has 8 nitrogen and oxygen atoms in total. The molecule has 1 aromatic rings. The van der Waals surface area contributed by atoms with Gasteiger partial charge in [0.2, 0.25) is 0 Å². The Bertz CT molecular complexity index is 1150. The number of fused-ring (bicyclic) bond motifs is 5. The van der Waals surface area contributed by atoms with Crippen LogP contribution in [0.5, 0.6) is 0 Å². The molecule has 8 atom stereocenters. The summed E-state index contributed by atoms with van der Waals surface area (Å²) in [5.41, 5.74) is 2.29. The molecule has 8 heteroatoms. The third-order valence-corrected chi connectivity index (χ3v) is 11.2. The van der Waals surface area contributed by atoms with E-state index in [4.69, 9.17) is 14.2 Å². The van der Waals surface area contributed by atoms with Crippen molar-refractivity contribution in [3.05, 3.63) is 47.5 Å². The van der Waals surface area contributed by atoms with Gasteiger partial charge in [0.15, 0.2) is 0 Å². The first-order valence-corrected chi connectivity index (χ1v) is 15.4. The zero-order valence-electron chi connectivity index (χ0n) is 24.9. The molecule has 5 rings (SSSR count). The highest BCUT2D eigenvalue weighted by atomic mass is 16.6. The summed E-state index contributed by atoms with van der Waals surface area (Å²) in [6.45, 7) is 5.07. The number of hydrogen-bond acceptors (Lipinski definition) is 6. The van der Waals surface area contributed by atoms with Crippen LogP contribution < -0.4 is 10.6 Å². The average molecular weight is 567 g/mol. The van der Waals surface area contributed by atoms with Crippen molar-refractivity contribution in [2.24, 2.45) is 34.5 Å². The summed E-state index contributed by atoms with van der Waals surface area (Å²) in [4.78, 5) is 36.7. The number of allylic oxidation sites excluding steroid dienone is 1. The fraction of sp³-hybridized carbons (Fsp3) is 0.667. The summed E-state index contributed by atoms with van der Waals surface area (Å²) in [5, 5.41) is 5.08. The lowest BCUT2D eigenvalue weighted by Gasteiger charge is -2.58. The van der Waals surface area contributed by atoms with Crippen molar-refractivity contribution in [3.63, 3.8) is 0 Å². The van der Waals surface area contributed by atoms with Gasteiger partial charge in [-0.25, -0.2) is 14.4 Å². The van der Waals surface area contributed by atoms with Crippen molar-refractivity contribution in [2.75, 3.05) is 20.7 Å². The first-order chi connectivity index (χ1) is 19.7. The van der Waals surface area contributed by atoms with Gasteiger partial charge in [0.1, 0.15) is 12.2 Å². The van der Waals surface area contributed by atoms with Crippen LogP contribution in [0.15, 0.2) is 42.0 Å². The highest BCUT2D eigenvalue weighted by molar-refractivity contribution is 5.89. The Kier molecular flexibility index (Phi) is 8.67. The molecule has 0 aromatic heterocycles. The fourth-order valence-electron chi connectivity index (χ4n) is 9.05. The van der Waals surface area contributed by atoms with E-state index in [-0.39, 0.29) is 41.5 Å². The number of carbonyl (C=O) groups excluding carboxylic acids is 3. The number of nitrogens with one attached hydrogen (secondary N) is 2. The minimum absolute atomic E-state index is 0.0665. The number of carbonyl (C=O) groups is 3. The molecular formula is C33H46N2O6. The first-order valence-electron chi connectivity index (χ1n) is 15.4. The van der Waals surface area contributed by atoms with Crippen molar-refractivity contribution in [2.45, 2.75) is 83.8 Å². The molecular weight excluding hydrogens is 520 g/mol. The molecule has 0 aliphatic heterocycles. The van der Waals surface area contributed by atoms with E-state index in [0.29, 0.717) is 29.7 Å². The molecule has 0 unspecified atom stereocenters. The topological polar surface area (TPSA) is 103 Å². The smallest absolute Gasteiger partial charge is 0.407 e. The van der Waals surface area contributed by atoms with Crippen molar-refractivity contribution in [1.29, 1.82) is 0 Å². The summed E-state index contributed by atoms with van der Waals surface area (Å²) in [6, 6.07) is 9.27. The van der Waals surface area contributed by atoms with Gasteiger partial charge >= 0.3 is 18.2 Å². The van der Waals surface area contributed by atoms with Crippen LogP contribution in [0.1, 0.15) is 82.0 Å². The molecule has 0 heterocycles. The lowest BCUT2D eigenvalue weighted by atomic mass is 9.47. The quantitative estimate of drug-likeness (QED) is 0.229. The van der Waals surface area contributed by atoms with Gasteiger partial charge in [0.25, 0.3) is 0 Å². The molecule has 4 aliphatic rings. The van der Waals surface area contributed by atoms with E-state index in [9.17, 15) is 14.4 Å². The Balaban J connectivity index is 1.28. The summed E-state index contributed by atoms with van der Waals surface area (Å²) < 4.78 is 17.2. The minimum Gasteiger partial charge on any atom is -0.458 e. The maximum Gasteiger partial charge on any atom is 0.407 e. The molecule has 2 amide bonds. The normalized spacial score (nSPS) is 34.5. The Labute approximate surface area is 243 Å². The van der Waals surface area contributed by atoms with Gasteiger partial charge in [0.05, 0.1) is 12.2 Å². The van der Waals surface area contributed by atoms with Crippen LogP contribution in [0.3, 0.4) is 0 Å². The van der Waals surface area contributed by atoms with Crippen molar-refractivity contribution in [1.82, 2.24) is 10.6 Å². The number of hydrogen-bond donors (Lipinski definition) is 2. The third kappa shape index (κ3) is 5.71. The van der Waals surface area contributed by atoms with E-state index in [2.05, 4.69) is 30.6 Å². The highest BCUT2D eigenvalue weighted by Gasteiger charge is 2.60. The highest BCUT2D eigenvalue weighted by Crippen LogP contribution is 2.67. The zero-order valence-corrected chi connectivity index (χ0v) is 24.9. The molecule has 41 heavy (non-hydrogen) atoms. The molecule has 0 spiro atoms. The van der Waals surface area contributed by atoms with Gasteiger partial charge in [0, 0.05) is 32.9 Å². The lowest BCUT2D eigenvalue weighted by Crippen LogP contribution is -2.52. The summed E-state index contributed by atoms with van der Waals surface area (Å²) in [7, 11) is 3.12. The number of ether oxygens (including phenoxy) is 3. The Hall–Kier alpha value is -3.03. The van der Waals surface area contributed by atoms with Gasteiger partial charge in [-0.3, -0.25) is 0 Å². The van der Waals surface area contributed by atoms with Gasteiger partial charge in [-0.1, -0.05) is 43.7 Å². The van der Waals surface area contributed by atoms with Crippen LogP contribution >= 0.6 is 0 Å². The van der Waals surface area contributed by atoms with Crippen LogP contribution in [0.2, 0.25) is 0 Å². The van der Waals surface area contributed by atoms with E-state index in [0.717, 1.165) is 51.4 Å². The molecule has 224 valence electrons. The zero-order chi connectivity index (χ0) is 29.2. The van der Waals surface area contributed by atoms with E-state index in [1.807, 2.05) is 30.3 Å². The molecule has 0 radical (unpaired) electrons.